The Kier molecular flexibility index (Phi) is 6.77. The number of halogens is 1. The lowest BCUT2D eigenvalue weighted by molar-refractivity contribution is 0.0642. The van der Waals surface area contributed by atoms with E-state index in [1.165, 1.54) is 12.0 Å². The predicted molar refractivity (Wildman–Crippen MR) is 107 cm³/mol. The van der Waals surface area contributed by atoms with Gasteiger partial charge in [-0.3, -0.25) is 19.3 Å². The van der Waals surface area contributed by atoms with Crippen molar-refractivity contribution in [1.82, 2.24) is 10.2 Å². The minimum atomic E-state index is -0.339. The van der Waals surface area contributed by atoms with Gasteiger partial charge in [-0.05, 0) is 36.8 Å². The van der Waals surface area contributed by atoms with Gasteiger partial charge in [-0.1, -0.05) is 18.2 Å². The van der Waals surface area contributed by atoms with Crippen LogP contribution in [-0.4, -0.2) is 42.3 Å². The molecule has 0 radical (unpaired) electrons. The van der Waals surface area contributed by atoms with Crippen molar-refractivity contribution in [2.45, 2.75) is 19.5 Å². The number of rotatable bonds is 6. The van der Waals surface area contributed by atoms with E-state index in [2.05, 4.69) is 5.32 Å². The molecule has 28 heavy (non-hydrogen) atoms. The molecule has 3 N–H and O–H groups in total. The molecule has 0 saturated carbocycles. The van der Waals surface area contributed by atoms with Crippen LogP contribution in [0.25, 0.3) is 0 Å². The summed E-state index contributed by atoms with van der Waals surface area (Å²) in [4.78, 5) is 38.7. The number of imide groups is 1. The van der Waals surface area contributed by atoms with Crippen molar-refractivity contribution in [3.8, 4) is 5.75 Å². The quantitative estimate of drug-likeness (QED) is 0.718. The number of methoxy groups -OCH3 is 1. The van der Waals surface area contributed by atoms with Crippen molar-refractivity contribution < 1.29 is 19.1 Å². The summed E-state index contributed by atoms with van der Waals surface area (Å²) in [5.41, 5.74) is 7.32. The van der Waals surface area contributed by atoms with Gasteiger partial charge in [-0.15, -0.1) is 12.4 Å². The van der Waals surface area contributed by atoms with Gasteiger partial charge in [-0.25, -0.2) is 0 Å². The lowest BCUT2D eigenvalue weighted by Crippen LogP contribution is -2.38. The van der Waals surface area contributed by atoms with Crippen molar-refractivity contribution in [3.63, 3.8) is 0 Å². The third-order valence-corrected chi connectivity index (χ3v) is 4.46. The Morgan fingerprint density at radius 1 is 1.14 bits per heavy atom. The summed E-state index contributed by atoms with van der Waals surface area (Å²) in [5, 5.41) is 2.78. The molecule has 3 rings (SSSR count). The van der Waals surface area contributed by atoms with Crippen LogP contribution in [0.3, 0.4) is 0 Å². The molecule has 1 atom stereocenters. The fourth-order valence-electron chi connectivity index (χ4n) is 2.96. The number of nitrogens with two attached hydrogens (primary N) is 1. The lowest BCUT2D eigenvalue weighted by atomic mass is 10.1. The van der Waals surface area contributed by atoms with Crippen molar-refractivity contribution in [2.75, 3.05) is 13.7 Å². The Morgan fingerprint density at radius 2 is 1.75 bits per heavy atom. The van der Waals surface area contributed by atoms with Gasteiger partial charge in [0.1, 0.15) is 5.75 Å². The number of fused-ring (bicyclic) bond motifs is 1. The highest BCUT2D eigenvalue weighted by Gasteiger charge is 2.35. The monoisotopic (exact) mass is 403 g/mol. The summed E-state index contributed by atoms with van der Waals surface area (Å²) in [6.07, 6.45) is 0. The molecule has 3 amide bonds. The van der Waals surface area contributed by atoms with E-state index in [1.54, 1.807) is 49.4 Å². The summed E-state index contributed by atoms with van der Waals surface area (Å²) >= 11 is 0. The van der Waals surface area contributed by atoms with Crippen LogP contribution in [0, 0.1) is 0 Å². The molecule has 0 saturated heterocycles. The van der Waals surface area contributed by atoms with Crippen LogP contribution in [0.1, 0.15) is 43.6 Å². The van der Waals surface area contributed by atoms with E-state index in [4.69, 9.17) is 10.5 Å². The molecule has 148 valence electrons. The summed E-state index contributed by atoms with van der Waals surface area (Å²) in [7, 11) is 1.47. The van der Waals surface area contributed by atoms with E-state index in [1.807, 2.05) is 0 Å². The first-order valence-electron chi connectivity index (χ1n) is 8.59. The zero-order valence-electron chi connectivity index (χ0n) is 15.6. The molecule has 0 spiro atoms. The number of nitrogens with zero attached hydrogens (tertiary/aromatic N) is 1. The normalized spacial score (nSPS) is 13.6. The van der Waals surface area contributed by atoms with E-state index in [0.717, 1.165) is 0 Å². The Labute approximate surface area is 169 Å². The fourth-order valence-corrected chi connectivity index (χ4v) is 2.96. The third-order valence-electron chi connectivity index (χ3n) is 4.46. The molecule has 2 aromatic carbocycles. The third kappa shape index (κ3) is 4.00. The Balaban J connectivity index is 0.00000280. The molecule has 0 unspecified atom stereocenters. The predicted octanol–water partition coefficient (Wildman–Crippen LogP) is 1.99. The van der Waals surface area contributed by atoms with Crippen LogP contribution in [-0.2, 0) is 6.54 Å². The molecule has 7 nitrogen and oxygen atoms in total. The van der Waals surface area contributed by atoms with E-state index >= 15 is 0 Å². The molecule has 1 heterocycles. The van der Waals surface area contributed by atoms with Gasteiger partial charge < -0.3 is 15.8 Å². The first kappa shape index (κ1) is 21.4. The molecular weight excluding hydrogens is 382 g/mol. The van der Waals surface area contributed by atoms with Gasteiger partial charge in [0.15, 0.2) is 0 Å². The maximum absolute atomic E-state index is 12.5. The second-order valence-corrected chi connectivity index (χ2v) is 6.39. The average Bonchev–Trinajstić information content (AvgIpc) is 2.93. The number of amides is 3. The number of carbonyl (C=O) groups is 3. The zero-order valence-corrected chi connectivity index (χ0v) is 16.4. The number of hydrogen-bond acceptors (Lipinski definition) is 5. The first-order valence-corrected chi connectivity index (χ1v) is 8.59. The van der Waals surface area contributed by atoms with Crippen LogP contribution >= 0.6 is 12.4 Å². The summed E-state index contributed by atoms with van der Waals surface area (Å²) in [6, 6.07) is 11.5. The standard InChI is InChI=1S/C20H21N3O4.ClH/c1-12(10-21)22-18(24)16-9-13(7-8-17(16)27-2)11-23-19(25)14-5-3-4-6-15(14)20(23)26;/h3-9,12H,10-11,21H2,1-2H3,(H,22,24);1H/t12-;/m0./s1. The number of nitrogens with one attached hydrogen (secondary N) is 1. The summed E-state index contributed by atoms with van der Waals surface area (Å²) in [6.45, 7) is 2.18. The molecule has 1 aliphatic heterocycles. The highest BCUT2D eigenvalue weighted by molar-refractivity contribution is 6.21. The Bertz CT molecular complexity index is 881. The fraction of sp³-hybridized carbons (Fsp3) is 0.250. The van der Waals surface area contributed by atoms with Gasteiger partial charge in [0.05, 0.1) is 30.3 Å². The topological polar surface area (TPSA) is 102 Å². The van der Waals surface area contributed by atoms with Crippen LogP contribution in [0.15, 0.2) is 42.5 Å². The molecular formula is C20H22ClN3O4. The van der Waals surface area contributed by atoms with E-state index < -0.39 is 0 Å². The highest BCUT2D eigenvalue weighted by Crippen LogP contribution is 2.26. The second kappa shape index (κ2) is 8.86. The number of hydrogen-bond donors (Lipinski definition) is 2. The van der Waals surface area contributed by atoms with Gasteiger partial charge in [0.2, 0.25) is 0 Å². The van der Waals surface area contributed by atoms with Gasteiger partial charge in [0.25, 0.3) is 17.7 Å². The van der Waals surface area contributed by atoms with Crippen LogP contribution < -0.4 is 15.8 Å². The van der Waals surface area contributed by atoms with Gasteiger partial charge in [-0.2, -0.15) is 0 Å². The summed E-state index contributed by atoms with van der Waals surface area (Å²) < 4.78 is 5.26. The molecule has 0 fully saturated rings. The molecule has 0 aromatic heterocycles. The lowest BCUT2D eigenvalue weighted by Gasteiger charge is -2.17. The van der Waals surface area contributed by atoms with Crippen LogP contribution in [0.2, 0.25) is 0 Å². The number of ether oxygens (including phenoxy) is 1. The first-order chi connectivity index (χ1) is 13.0. The van der Waals surface area contributed by atoms with Gasteiger partial charge in [0, 0.05) is 12.6 Å². The van der Waals surface area contributed by atoms with Crippen LogP contribution in [0.4, 0.5) is 0 Å². The van der Waals surface area contributed by atoms with Crippen molar-refractivity contribution in [2.24, 2.45) is 5.73 Å². The van der Waals surface area contributed by atoms with Crippen LogP contribution in [0.5, 0.6) is 5.75 Å². The average molecular weight is 404 g/mol. The largest absolute Gasteiger partial charge is 0.496 e. The Hall–Kier alpha value is -2.90. The van der Waals surface area contributed by atoms with Gasteiger partial charge >= 0.3 is 0 Å². The second-order valence-electron chi connectivity index (χ2n) is 6.39. The SMILES string of the molecule is COc1ccc(CN2C(=O)c3ccccc3C2=O)cc1C(=O)N[C@@H](C)CN.Cl. The van der Waals surface area contributed by atoms with Crippen molar-refractivity contribution >= 4 is 30.1 Å². The number of benzene rings is 2. The van der Waals surface area contributed by atoms with Crippen molar-refractivity contribution in [3.05, 3.63) is 64.7 Å². The van der Waals surface area contributed by atoms with Crippen molar-refractivity contribution in [1.29, 1.82) is 0 Å². The maximum Gasteiger partial charge on any atom is 0.261 e. The molecule has 8 heteroatoms. The maximum atomic E-state index is 12.5. The van der Waals surface area contributed by atoms with E-state index in [9.17, 15) is 14.4 Å². The molecule has 1 aliphatic rings. The molecule has 2 aromatic rings. The minimum Gasteiger partial charge on any atom is -0.496 e. The molecule has 0 bridgehead atoms. The summed E-state index contributed by atoms with van der Waals surface area (Å²) in [5.74, 6) is -0.597. The highest BCUT2D eigenvalue weighted by atomic mass is 35.5. The smallest absolute Gasteiger partial charge is 0.261 e. The van der Waals surface area contributed by atoms with E-state index in [0.29, 0.717) is 34.5 Å². The minimum absolute atomic E-state index is 0. The van der Waals surface area contributed by atoms with E-state index in [-0.39, 0.29) is 42.7 Å². The Morgan fingerprint density at radius 3 is 2.29 bits per heavy atom. The molecule has 0 aliphatic carbocycles. The number of carbonyl (C=O) groups excluding carboxylic acids is 3. The zero-order chi connectivity index (χ0) is 19.6.